The Hall–Kier alpha value is -2.73. The maximum Gasteiger partial charge on any atom is 0.276 e. The average Bonchev–Trinajstić information content (AvgIpc) is 2.73. The smallest absolute Gasteiger partial charge is 0.256 e. The van der Waals surface area contributed by atoms with E-state index in [4.69, 9.17) is 0 Å². The zero-order valence-electron chi connectivity index (χ0n) is 15.8. The van der Waals surface area contributed by atoms with Gasteiger partial charge in [0.15, 0.2) is 0 Å². The van der Waals surface area contributed by atoms with Crippen molar-refractivity contribution in [3.63, 3.8) is 0 Å². The quantitative estimate of drug-likeness (QED) is 0.662. The molecule has 3 aromatic rings. The molecular weight excluding hydrogens is 370 g/mol. The van der Waals surface area contributed by atoms with Crippen LogP contribution in [-0.2, 0) is 10.0 Å². The molecule has 5 nitrogen and oxygen atoms in total. The van der Waals surface area contributed by atoms with Crippen molar-refractivity contribution in [2.24, 2.45) is 5.10 Å². The highest BCUT2D eigenvalue weighted by Crippen LogP contribution is 2.32. The summed E-state index contributed by atoms with van der Waals surface area (Å²) in [7, 11) is -3.61. The summed E-state index contributed by atoms with van der Waals surface area (Å²) in [5.41, 5.74) is 4.24. The highest BCUT2D eigenvalue weighted by Gasteiger charge is 2.21. The fraction of sp³-hybridized carbons (Fsp3) is 0.273. The third kappa shape index (κ3) is 4.07. The molecule has 1 fully saturated rings. The third-order valence-electron chi connectivity index (χ3n) is 5.32. The minimum atomic E-state index is -3.61. The Balaban J connectivity index is 1.41. The van der Waals surface area contributed by atoms with Gasteiger partial charge in [0.1, 0.15) is 0 Å². The van der Waals surface area contributed by atoms with Crippen LogP contribution in [0.1, 0.15) is 42.7 Å². The van der Waals surface area contributed by atoms with Gasteiger partial charge in [-0.15, -0.1) is 0 Å². The van der Waals surface area contributed by atoms with Crippen LogP contribution in [0.2, 0.25) is 0 Å². The van der Waals surface area contributed by atoms with Crippen molar-refractivity contribution in [2.75, 3.05) is 0 Å². The van der Waals surface area contributed by atoms with E-state index < -0.39 is 10.0 Å². The van der Waals surface area contributed by atoms with Crippen LogP contribution in [0.5, 0.6) is 0 Å². The van der Waals surface area contributed by atoms with E-state index >= 15 is 0 Å². The highest BCUT2D eigenvalue weighted by atomic mass is 32.2. The fourth-order valence-corrected chi connectivity index (χ4v) is 4.48. The molecule has 0 unspecified atom stereocenters. The van der Waals surface area contributed by atoms with Gasteiger partial charge in [0.05, 0.1) is 10.4 Å². The summed E-state index contributed by atoms with van der Waals surface area (Å²) in [6.45, 7) is 1.92. The molecule has 144 valence electrons. The molecule has 0 aliphatic heterocycles. The van der Waals surface area contributed by atoms with Gasteiger partial charge < -0.3 is 0 Å². The van der Waals surface area contributed by atoms with Gasteiger partial charge in [-0.3, -0.25) is 4.98 Å². The first kappa shape index (κ1) is 18.6. The first-order valence-corrected chi connectivity index (χ1v) is 11.0. The minimum absolute atomic E-state index is 0.236. The second kappa shape index (κ2) is 7.72. The van der Waals surface area contributed by atoms with Crippen LogP contribution in [0.15, 0.2) is 70.8 Å². The van der Waals surface area contributed by atoms with Gasteiger partial charge >= 0.3 is 0 Å². The maximum absolute atomic E-state index is 12.4. The lowest BCUT2D eigenvalue weighted by molar-refractivity contribution is 0.560. The molecular formula is C22H23N3O2S. The molecule has 1 heterocycles. The number of rotatable bonds is 4. The summed E-state index contributed by atoms with van der Waals surface area (Å²) in [6.07, 6.45) is 5.33. The maximum atomic E-state index is 12.4. The van der Waals surface area contributed by atoms with E-state index in [0.29, 0.717) is 5.92 Å². The lowest BCUT2D eigenvalue weighted by Gasteiger charge is -2.23. The van der Waals surface area contributed by atoms with E-state index in [1.54, 1.807) is 24.3 Å². The van der Waals surface area contributed by atoms with E-state index in [-0.39, 0.29) is 4.90 Å². The second-order valence-electron chi connectivity index (χ2n) is 7.32. The molecule has 4 rings (SSSR count). The summed E-state index contributed by atoms with van der Waals surface area (Å²) < 4.78 is 24.7. The first-order chi connectivity index (χ1) is 13.5. The molecule has 0 bridgehead atoms. The van der Waals surface area contributed by atoms with Crippen LogP contribution >= 0.6 is 0 Å². The molecule has 0 atom stereocenters. The number of hydrazone groups is 1. The van der Waals surface area contributed by atoms with Gasteiger partial charge in [0.2, 0.25) is 0 Å². The number of fused-ring (bicyclic) bond motifs is 1. The Labute approximate surface area is 165 Å². The second-order valence-corrected chi connectivity index (χ2v) is 8.98. The van der Waals surface area contributed by atoms with Crippen molar-refractivity contribution < 1.29 is 8.42 Å². The van der Waals surface area contributed by atoms with Crippen LogP contribution in [0.25, 0.3) is 10.9 Å². The van der Waals surface area contributed by atoms with E-state index in [2.05, 4.69) is 39.2 Å². The van der Waals surface area contributed by atoms with E-state index in [0.717, 1.165) is 47.9 Å². The van der Waals surface area contributed by atoms with Crippen LogP contribution < -0.4 is 4.83 Å². The van der Waals surface area contributed by atoms with E-state index in [9.17, 15) is 8.42 Å². The molecule has 1 aliphatic carbocycles. The molecule has 1 aliphatic rings. The summed E-state index contributed by atoms with van der Waals surface area (Å²) in [4.78, 5) is 7.07. The number of nitrogens with one attached hydrogen (secondary N) is 1. The fourth-order valence-electron chi connectivity index (χ4n) is 3.63. The number of sulfonamides is 1. The van der Waals surface area contributed by atoms with Gasteiger partial charge in [-0.25, -0.2) is 4.83 Å². The molecule has 28 heavy (non-hydrogen) atoms. The van der Waals surface area contributed by atoms with Gasteiger partial charge in [-0.2, -0.15) is 13.5 Å². The van der Waals surface area contributed by atoms with E-state index in [1.165, 1.54) is 5.56 Å². The highest BCUT2D eigenvalue weighted by molar-refractivity contribution is 7.89. The number of aryl methyl sites for hydroxylation is 1. The van der Waals surface area contributed by atoms with Gasteiger partial charge in [-0.1, -0.05) is 35.9 Å². The minimum Gasteiger partial charge on any atom is -0.256 e. The number of aromatic nitrogens is 1. The Morgan fingerprint density at radius 3 is 2.54 bits per heavy atom. The zero-order valence-corrected chi connectivity index (χ0v) is 16.6. The van der Waals surface area contributed by atoms with Crippen molar-refractivity contribution in [2.45, 2.75) is 43.4 Å². The average molecular weight is 394 g/mol. The van der Waals surface area contributed by atoms with Gasteiger partial charge in [0, 0.05) is 17.3 Å². The molecule has 1 saturated carbocycles. The van der Waals surface area contributed by atoms with Crippen molar-refractivity contribution in [1.29, 1.82) is 0 Å². The standard InChI is InChI=1S/C22H23N3O2S/c1-16-4-12-21(13-5-16)28(26,27)25-24-20-10-8-17(9-11-20)19-7-6-18-3-2-14-23-22(18)15-19/h2-7,12-15,17,25H,8-11H2,1H3. The number of benzene rings is 2. The first-order valence-electron chi connectivity index (χ1n) is 9.50. The number of hydrogen-bond donors (Lipinski definition) is 1. The van der Waals surface area contributed by atoms with Crippen LogP contribution in [0.3, 0.4) is 0 Å². The predicted octanol–water partition coefficient (Wildman–Crippen LogP) is 4.54. The van der Waals surface area contributed by atoms with Gasteiger partial charge in [-0.05, 0) is 68.4 Å². The molecule has 1 N–H and O–H groups in total. The normalized spacial score (nSPS) is 17.5. The Bertz CT molecular complexity index is 1110. The molecule has 2 aromatic carbocycles. The van der Waals surface area contributed by atoms with E-state index in [1.807, 2.05) is 19.2 Å². The molecule has 0 saturated heterocycles. The van der Waals surface area contributed by atoms with Gasteiger partial charge in [0.25, 0.3) is 10.0 Å². The molecule has 0 amide bonds. The van der Waals surface area contributed by atoms with Crippen molar-refractivity contribution in [3.05, 3.63) is 71.9 Å². The number of pyridine rings is 1. The molecule has 0 spiro atoms. The SMILES string of the molecule is Cc1ccc(S(=O)(=O)NN=C2CCC(c3ccc4cccnc4c3)CC2)cc1. The number of nitrogens with zero attached hydrogens (tertiary/aromatic N) is 2. The van der Waals surface area contributed by atoms with Crippen molar-refractivity contribution in [1.82, 2.24) is 9.82 Å². The van der Waals surface area contributed by atoms with Crippen LogP contribution in [-0.4, -0.2) is 19.1 Å². The monoisotopic (exact) mass is 393 g/mol. The van der Waals surface area contributed by atoms with Crippen LogP contribution in [0.4, 0.5) is 0 Å². The van der Waals surface area contributed by atoms with Crippen molar-refractivity contribution in [3.8, 4) is 0 Å². The Morgan fingerprint density at radius 2 is 1.79 bits per heavy atom. The molecule has 0 radical (unpaired) electrons. The zero-order chi connectivity index (χ0) is 19.6. The summed E-state index contributed by atoms with van der Waals surface area (Å²) >= 11 is 0. The third-order valence-corrected chi connectivity index (χ3v) is 6.54. The summed E-state index contributed by atoms with van der Waals surface area (Å²) in [5.74, 6) is 0.457. The van der Waals surface area contributed by atoms with Crippen molar-refractivity contribution >= 4 is 26.6 Å². The predicted molar refractivity (Wildman–Crippen MR) is 112 cm³/mol. The molecule has 1 aromatic heterocycles. The molecule has 6 heteroatoms. The van der Waals surface area contributed by atoms with Crippen LogP contribution in [0, 0.1) is 6.92 Å². The summed E-state index contributed by atoms with van der Waals surface area (Å²) in [6, 6.07) is 17.2. The summed E-state index contributed by atoms with van der Waals surface area (Å²) in [5, 5.41) is 5.35. The largest absolute Gasteiger partial charge is 0.276 e. The topological polar surface area (TPSA) is 71.4 Å². The lowest BCUT2D eigenvalue weighted by Crippen LogP contribution is -2.22. The number of hydrogen-bond acceptors (Lipinski definition) is 4. The Morgan fingerprint density at radius 1 is 1.04 bits per heavy atom. The Kier molecular flexibility index (Phi) is 5.13. The lowest BCUT2D eigenvalue weighted by atomic mass is 9.83.